The zero-order valence-corrected chi connectivity index (χ0v) is 14.6. The van der Waals surface area contributed by atoms with Gasteiger partial charge in [0.15, 0.2) is 0 Å². The molecule has 1 aliphatic heterocycles. The molecule has 0 bridgehead atoms. The Bertz CT molecular complexity index is 881. The maximum atomic E-state index is 12.7. The normalized spacial score (nSPS) is 13.9. The summed E-state index contributed by atoms with van der Waals surface area (Å²) >= 11 is 0. The Hall–Kier alpha value is -3.03. The average molecular weight is 377 g/mol. The summed E-state index contributed by atoms with van der Waals surface area (Å²) in [6.07, 6.45) is -3.49. The van der Waals surface area contributed by atoms with Gasteiger partial charge >= 0.3 is 12.2 Å². The van der Waals surface area contributed by atoms with E-state index >= 15 is 0 Å². The largest absolute Gasteiger partial charge is 0.416 e. The van der Waals surface area contributed by atoms with Crippen LogP contribution < -0.4 is 15.5 Å². The van der Waals surface area contributed by atoms with Crippen molar-refractivity contribution in [3.8, 4) is 0 Å². The number of hydrogen-bond donors (Lipinski definition) is 2. The molecule has 0 spiro atoms. The summed E-state index contributed by atoms with van der Waals surface area (Å²) < 4.78 is 38.2. The number of carbonyl (C=O) groups is 2. The lowest BCUT2D eigenvalue weighted by Gasteiger charge is -2.28. The van der Waals surface area contributed by atoms with Crippen LogP contribution in [-0.2, 0) is 17.4 Å². The van der Waals surface area contributed by atoms with Crippen molar-refractivity contribution >= 4 is 29.0 Å². The van der Waals surface area contributed by atoms with Crippen LogP contribution >= 0.6 is 0 Å². The van der Waals surface area contributed by atoms with Gasteiger partial charge in [0.05, 0.1) is 5.56 Å². The molecule has 2 aromatic rings. The molecule has 0 unspecified atom stereocenters. The van der Waals surface area contributed by atoms with E-state index in [4.69, 9.17) is 0 Å². The highest BCUT2D eigenvalue weighted by Gasteiger charge is 2.30. The van der Waals surface area contributed by atoms with Crippen LogP contribution in [0.2, 0.25) is 0 Å². The Balaban J connectivity index is 1.71. The molecule has 3 amide bonds. The molecule has 0 aromatic heterocycles. The minimum atomic E-state index is -4.48. The molecule has 27 heavy (non-hydrogen) atoms. The molecule has 0 atom stereocenters. The van der Waals surface area contributed by atoms with Gasteiger partial charge in [0.2, 0.25) is 5.91 Å². The first-order valence-electron chi connectivity index (χ1n) is 8.46. The third kappa shape index (κ3) is 4.21. The highest BCUT2D eigenvalue weighted by molar-refractivity contribution is 6.01. The van der Waals surface area contributed by atoms with Gasteiger partial charge in [0.25, 0.3) is 0 Å². The topological polar surface area (TPSA) is 61.4 Å². The third-order valence-corrected chi connectivity index (χ3v) is 4.30. The van der Waals surface area contributed by atoms with Crippen molar-refractivity contribution in [3.05, 3.63) is 53.6 Å². The summed E-state index contributed by atoms with van der Waals surface area (Å²) in [5, 5.41) is 5.00. The van der Waals surface area contributed by atoms with Gasteiger partial charge in [-0.05, 0) is 55.3 Å². The number of alkyl halides is 3. The van der Waals surface area contributed by atoms with E-state index in [-0.39, 0.29) is 11.6 Å². The van der Waals surface area contributed by atoms with Crippen molar-refractivity contribution in [2.75, 3.05) is 22.1 Å². The number of rotatable bonds is 3. The molecular formula is C19H18F3N3O2. The van der Waals surface area contributed by atoms with E-state index in [2.05, 4.69) is 10.6 Å². The van der Waals surface area contributed by atoms with E-state index in [9.17, 15) is 22.8 Å². The van der Waals surface area contributed by atoms with Gasteiger partial charge in [-0.2, -0.15) is 13.2 Å². The van der Waals surface area contributed by atoms with Gasteiger partial charge in [-0.25, -0.2) is 4.79 Å². The van der Waals surface area contributed by atoms with Crippen molar-refractivity contribution < 1.29 is 22.8 Å². The molecule has 5 nitrogen and oxygen atoms in total. The molecule has 142 valence electrons. The average Bonchev–Trinajstić information content (AvgIpc) is 2.61. The van der Waals surface area contributed by atoms with Crippen molar-refractivity contribution in [1.82, 2.24) is 0 Å². The summed E-state index contributed by atoms with van der Waals surface area (Å²) in [5.74, 6) is 0.0630. The third-order valence-electron chi connectivity index (χ3n) is 4.30. The fourth-order valence-electron chi connectivity index (χ4n) is 3.05. The van der Waals surface area contributed by atoms with E-state index < -0.39 is 17.8 Å². The number of halogens is 3. The number of carbonyl (C=O) groups excluding carboxylic acids is 2. The lowest BCUT2D eigenvalue weighted by atomic mass is 10.0. The van der Waals surface area contributed by atoms with Gasteiger partial charge in [-0.15, -0.1) is 0 Å². The van der Waals surface area contributed by atoms with Crippen molar-refractivity contribution in [1.29, 1.82) is 0 Å². The molecule has 8 heteroatoms. The second kappa shape index (κ2) is 7.30. The molecule has 1 heterocycles. The number of aryl methyl sites for hydroxylation is 1. The van der Waals surface area contributed by atoms with Crippen LogP contribution in [0.3, 0.4) is 0 Å². The first-order chi connectivity index (χ1) is 12.8. The van der Waals surface area contributed by atoms with Gasteiger partial charge in [-0.1, -0.05) is 6.07 Å². The number of amides is 3. The van der Waals surface area contributed by atoms with Gasteiger partial charge in [0, 0.05) is 30.0 Å². The quantitative estimate of drug-likeness (QED) is 0.818. The number of nitrogens with zero attached hydrogens (tertiary/aromatic N) is 1. The monoisotopic (exact) mass is 377 g/mol. The number of anilines is 3. The second-order valence-corrected chi connectivity index (χ2v) is 6.14. The smallest absolute Gasteiger partial charge is 0.312 e. The van der Waals surface area contributed by atoms with E-state index in [1.54, 1.807) is 23.1 Å². The Labute approximate surface area is 154 Å². The highest BCUT2D eigenvalue weighted by Crippen LogP contribution is 2.31. The summed E-state index contributed by atoms with van der Waals surface area (Å²) in [7, 11) is 0. The predicted molar refractivity (Wildman–Crippen MR) is 96.9 cm³/mol. The van der Waals surface area contributed by atoms with Gasteiger partial charge in [0.1, 0.15) is 0 Å². The number of hydrogen-bond acceptors (Lipinski definition) is 2. The zero-order valence-electron chi connectivity index (χ0n) is 14.6. The highest BCUT2D eigenvalue weighted by atomic mass is 19.4. The first-order valence-corrected chi connectivity index (χ1v) is 8.46. The number of fused-ring (bicyclic) bond motifs is 1. The maximum absolute atomic E-state index is 12.7. The fraction of sp³-hybridized carbons (Fsp3) is 0.263. The molecule has 1 aliphatic rings. The molecule has 0 saturated carbocycles. The van der Waals surface area contributed by atoms with Crippen LogP contribution in [0.25, 0.3) is 0 Å². The maximum Gasteiger partial charge on any atom is 0.416 e. The van der Waals surface area contributed by atoms with E-state index in [0.717, 1.165) is 23.4 Å². The van der Waals surface area contributed by atoms with Crippen LogP contribution in [0.1, 0.15) is 24.5 Å². The Morgan fingerprint density at radius 3 is 2.44 bits per heavy atom. The molecule has 3 rings (SSSR count). The van der Waals surface area contributed by atoms with Crippen LogP contribution in [0.4, 0.5) is 35.0 Å². The predicted octanol–water partition coefficient (Wildman–Crippen LogP) is 4.65. The molecular weight excluding hydrogens is 359 g/mol. The standard InChI is InChI=1S/C19H18F3N3O2/c1-2-25-16-8-7-15(10-12(16)6-9-17(25)26)24-18(27)23-14-5-3-4-13(11-14)19(20,21)22/h3-5,7-8,10-11H,2,6,9H2,1H3,(H2,23,24,27). The fourth-order valence-corrected chi connectivity index (χ4v) is 3.05. The minimum Gasteiger partial charge on any atom is -0.312 e. The van der Waals surface area contributed by atoms with E-state index in [1.165, 1.54) is 12.1 Å². The number of urea groups is 1. The summed E-state index contributed by atoms with van der Waals surface area (Å²) in [4.78, 5) is 25.7. The van der Waals surface area contributed by atoms with Crippen LogP contribution in [0.5, 0.6) is 0 Å². The Morgan fingerprint density at radius 2 is 1.78 bits per heavy atom. The summed E-state index contributed by atoms with van der Waals surface area (Å²) in [5.41, 5.74) is 1.47. The minimum absolute atomic E-state index is 0.0445. The van der Waals surface area contributed by atoms with Gasteiger partial charge < -0.3 is 15.5 Å². The van der Waals surface area contributed by atoms with Crippen LogP contribution in [0.15, 0.2) is 42.5 Å². The molecule has 0 saturated heterocycles. The molecule has 2 N–H and O–H groups in total. The van der Waals surface area contributed by atoms with Crippen LogP contribution in [0, 0.1) is 0 Å². The summed E-state index contributed by atoms with van der Waals surface area (Å²) in [6, 6.07) is 8.97. The number of benzene rings is 2. The second-order valence-electron chi connectivity index (χ2n) is 6.14. The Morgan fingerprint density at radius 1 is 1.07 bits per heavy atom. The molecule has 0 fully saturated rings. The SMILES string of the molecule is CCN1C(=O)CCc2cc(NC(=O)Nc3cccc(C(F)(F)F)c3)ccc21. The van der Waals surface area contributed by atoms with E-state index in [1.807, 2.05) is 6.92 Å². The van der Waals surface area contributed by atoms with Crippen molar-refractivity contribution in [3.63, 3.8) is 0 Å². The molecule has 0 radical (unpaired) electrons. The number of nitrogens with one attached hydrogen (secondary N) is 2. The van der Waals surface area contributed by atoms with Gasteiger partial charge in [-0.3, -0.25) is 4.79 Å². The first kappa shape index (κ1) is 18.8. The lowest BCUT2D eigenvalue weighted by molar-refractivity contribution is -0.137. The molecule has 2 aromatic carbocycles. The zero-order chi connectivity index (χ0) is 19.6. The summed E-state index contributed by atoms with van der Waals surface area (Å²) in [6.45, 7) is 2.45. The molecule has 0 aliphatic carbocycles. The van der Waals surface area contributed by atoms with Crippen LogP contribution in [-0.4, -0.2) is 18.5 Å². The van der Waals surface area contributed by atoms with Crippen molar-refractivity contribution in [2.45, 2.75) is 25.9 Å². The van der Waals surface area contributed by atoms with Crippen molar-refractivity contribution in [2.24, 2.45) is 0 Å². The van der Waals surface area contributed by atoms with E-state index in [0.29, 0.717) is 25.1 Å². The Kier molecular flexibility index (Phi) is 5.07. The lowest BCUT2D eigenvalue weighted by Crippen LogP contribution is -2.34.